The number of guanidine groups is 1. The molecule has 33 heteroatoms. The second-order valence-corrected chi connectivity index (χ2v) is 24.2. The second-order valence-electron chi connectivity index (χ2n) is 24.2. The molecule has 2 aromatic rings. The lowest BCUT2D eigenvalue weighted by atomic mass is 9.96. The lowest BCUT2D eigenvalue weighted by molar-refractivity contribution is -0.142. The number of carboxylic acids is 3. The van der Waals surface area contributed by atoms with Gasteiger partial charge in [0.2, 0.25) is 59.1 Å². The fourth-order valence-corrected chi connectivity index (χ4v) is 9.67. The van der Waals surface area contributed by atoms with Gasteiger partial charge in [-0.25, -0.2) is 4.79 Å². The van der Waals surface area contributed by atoms with Crippen LogP contribution in [0.15, 0.2) is 60.7 Å². The van der Waals surface area contributed by atoms with Crippen LogP contribution >= 0.6 is 0 Å². The molecule has 23 N–H and O–H groups in total. The van der Waals surface area contributed by atoms with Crippen LogP contribution in [0, 0.1) is 23.2 Å². The highest BCUT2D eigenvalue weighted by molar-refractivity contribution is 6.00. The molecule has 0 saturated carbocycles. The van der Waals surface area contributed by atoms with Crippen LogP contribution in [0.1, 0.15) is 123 Å². The van der Waals surface area contributed by atoms with Crippen molar-refractivity contribution in [2.24, 2.45) is 35.0 Å². The number of rotatable bonds is 46. The number of benzene rings is 2. The molecule has 0 aliphatic carbocycles. The fraction of sp³-hybridized carbons (Fsp3) is 0.587. The number of hydrogen-bond donors (Lipinski definition) is 20. The van der Waals surface area contributed by atoms with Crippen molar-refractivity contribution in [1.82, 2.24) is 58.5 Å². The van der Waals surface area contributed by atoms with Crippen molar-refractivity contribution >= 4 is 82.9 Å². The van der Waals surface area contributed by atoms with E-state index >= 15 is 0 Å². The Bertz CT molecular complexity index is 2910. The molecule has 2 aromatic carbocycles. The van der Waals surface area contributed by atoms with E-state index in [1.807, 2.05) is 0 Å². The zero-order valence-electron chi connectivity index (χ0n) is 55.2. The Hall–Kier alpha value is -9.34. The van der Waals surface area contributed by atoms with Gasteiger partial charge in [-0.3, -0.25) is 62.9 Å². The molecule has 12 atom stereocenters. The monoisotopic (exact) mass is 1350 g/mol. The van der Waals surface area contributed by atoms with Crippen molar-refractivity contribution in [1.29, 1.82) is 5.41 Å². The van der Waals surface area contributed by atoms with Gasteiger partial charge in [0, 0.05) is 25.8 Å². The number of carboxylic acid groups (broad SMARTS) is 3. The van der Waals surface area contributed by atoms with Gasteiger partial charge < -0.3 is 101 Å². The lowest BCUT2D eigenvalue weighted by Crippen LogP contribution is -2.62. The van der Waals surface area contributed by atoms with E-state index < -0.39 is 188 Å². The van der Waals surface area contributed by atoms with Crippen LogP contribution in [-0.2, 0) is 75.2 Å². The SMILES string of the molecule is CC[C@H](C)[C@H](NC(=O)[C@H](Cc1ccccc1)NC(=O)[C@H](CO)NC(=O)[C@H](CCCNC(=N)N)NC(=O)[C@H](CCCCN)NC(=O)[C@@H](N)CO)C(=O)N[C@@H](CCC(=O)O)C(=O)N[C@@H](CC(=O)O)C(=O)N[C@@H](CC(C)C)C(=O)N[C@@H](CC(C)C)C(=O)N[C@@H](Cc1ccccc1)C(=O)O. The summed E-state index contributed by atoms with van der Waals surface area (Å²) in [6.07, 6.45) is -2.07. The molecule has 96 heavy (non-hydrogen) atoms. The molecule has 33 nitrogen and oxygen atoms in total. The summed E-state index contributed by atoms with van der Waals surface area (Å²) in [6.45, 7) is 8.54. The predicted octanol–water partition coefficient (Wildman–Crippen LogP) is -3.41. The van der Waals surface area contributed by atoms with Gasteiger partial charge in [0.25, 0.3) is 0 Å². The summed E-state index contributed by atoms with van der Waals surface area (Å²) in [6, 6.07) is -0.579. The number of carbonyl (C=O) groups is 13. The van der Waals surface area contributed by atoms with Crippen molar-refractivity contribution in [2.45, 2.75) is 191 Å². The highest BCUT2D eigenvalue weighted by Crippen LogP contribution is 2.15. The van der Waals surface area contributed by atoms with Gasteiger partial charge >= 0.3 is 17.9 Å². The Labute approximate surface area is 557 Å². The molecule has 2 rings (SSSR count). The molecular formula is C63H99N15O18. The normalized spacial score (nSPS) is 14.9. The zero-order chi connectivity index (χ0) is 72.2. The Balaban J connectivity index is 2.51. The summed E-state index contributed by atoms with van der Waals surface area (Å²) in [7, 11) is 0. The van der Waals surface area contributed by atoms with Crippen LogP contribution in [-0.4, -0.2) is 201 Å². The van der Waals surface area contributed by atoms with Crippen LogP contribution in [0.4, 0.5) is 0 Å². The maximum absolute atomic E-state index is 14.6. The number of amides is 10. The number of carbonyl (C=O) groups excluding carboxylic acids is 10. The minimum absolute atomic E-state index is 0.0164. The van der Waals surface area contributed by atoms with E-state index in [9.17, 15) is 87.9 Å². The van der Waals surface area contributed by atoms with Crippen LogP contribution in [0.5, 0.6) is 0 Å². The second kappa shape index (κ2) is 43.6. The summed E-state index contributed by atoms with van der Waals surface area (Å²) >= 11 is 0. The van der Waals surface area contributed by atoms with Crippen LogP contribution < -0.4 is 75.7 Å². The third-order valence-corrected chi connectivity index (χ3v) is 15.1. The van der Waals surface area contributed by atoms with E-state index in [2.05, 4.69) is 58.5 Å². The third-order valence-electron chi connectivity index (χ3n) is 15.1. The van der Waals surface area contributed by atoms with E-state index in [1.54, 1.807) is 95.3 Å². The highest BCUT2D eigenvalue weighted by Gasteiger charge is 2.38. The molecule has 0 aromatic heterocycles. The predicted molar refractivity (Wildman–Crippen MR) is 349 cm³/mol. The van der Waals surface area contributed by atoms with E-state index in [-0.39, 0.29) is 76.3 Å². The largest absolute Gasteiger partial charge is 0.481 e. The molecule has 0 bridgehead atoms. The average molecular weight is 1350 g/mol. The van der Waals surface area contributed by atoms with E-state index in [1.165, 1.54) is 6.92 Å². The Morgan fingerprint density at radius 3 is 1.30 bits per heavy atom. The number of aliphatic carboxylic acids is 3. The number of unbranched alkanes of at least 4 members (excludes halogenated alkanes) is 1. The van der Waals surface area contributed by atoms with Gasteiger partial charge in [0.15, 0.2) is 5.96 Å². The molecule has 0 spiro atoms. The van der Waals surface area contributed by atoms with Gasteiger partial charge in [-0.15, -0.1) is 0 Å². The Morgan fingerprint density at radius 2 is 0.854 bits per heavy atom. The van der Waals surface area contributed by atoms with Gasteiger partial charge in [0.05, 0.1) is 19.6 Å². The molecule has 10 amide bonds. The molecule has 0 fully saturated rings. The first-order valence-electron chi connectivity index (χ1n) is 31.9. The maximum atomic E-state index is 14.6. The van der Waals surface area contributed by atoms with Crippen LogP contribution in [0.25, 0.3) is 0 Å². The fourth-order valence-electron chi connectivity index (χ4n) is 9.67. The molecule has 0 unspecified atom stereocenters. The molecule has 0 aliphatic heterocycles. The van der Waals surface area contributed by atoms with Crippen LogP contribution in [0.3, 0.4) is 0 Å². The molecule has 0 aliphatic rings. The molecular weight excluding hydrogens is 1250 g/mol. The Kier molecular flexibility index (Phi) is 37.6. The molecule has 0 saturated heterocycles. The standard InChI is InChI=1S/C63H99N15O18/c1-7-36(6)51(78-59(92)45(29-37-17-10-8-11-18-37)74-60(93)48(33-80)77-54(87)41(22-16-26-68-63(66)67)70-53(86)40(21-14-15-25-64)69-52(85)39(65)32-79)61(94)71-42(23-24-49(81)82)55(88)75-46(31-50(83)84)58(91)73-43(27-34(2)3)56(89)72-44(28-35(4)5)57(90)76-47(62(95)96)30-38-19-12-9-13-20-38/h8-13,17-20,34-36,39-48,51,79-80H,7,14-16,21-33,64-65H2,1-6H3,(H,69,85)(H,70,86)(H,71,94)(H,72,89)(H,73,91)(H,74,93)(H,75,88)(H,76,90)(H,77,87)(H,78,92)(H,81,82)(H,83,84)(H,95,96)(H4,66,67,68)/t36-,39-,40-,41-,42-,43-,44-,45-,46-,47-,48-,51-/m0/s1. The topological polar surface area (TPSA) is 557 Å². The average Bonchev–Trinajstić information content (AvgIpc) is 0.912. The summed E-state index contributed by atoms with van der Waals surface area (Å²) in [5.74, 6) is -16.4. The van der Waals surface area contributed by atoms with Gasteiger partial charge in [-0.05, 0) is 86.8 Å². The number of aliphatic hydroxyl groups is 2. The summed E-state index contributed by atoms with van der Waals surface area (Å²) in [5, 5.41) is 84.4. The number of hydrogen-bond acceptors (Lipinski definition) is 18. The summed E-state index contributed by atoms with van der Waals surface area (Å²) in [4.78, 5) is 177. The van der Waals surface area contributed by atoms with Gasteiger partial charge in [0.1, 0.15) is 66.5 Å². The van der Waals surface area contributed by atoms with Crippen LogP contribution in [0.2, 0.25) is 0 Å². The highest BCUT2D eigenvalue weighted by atomic mass is 16.4. The first-order chi connectivity index (χ1) is 45.3. The third kappa shape index (κ3) is 31.3. The zero-order valence-corrected chi connectivity index (χ0v) is 55.2. The van der Waals surface area contributed by atoms with Crippen molar-refractivity contribution in [3.8, 4) is 0 Å². The van der Waals surface area contributed by atoms with E-state index in [0.717, 1.165) is 0 Å². The molecule has 534 valence electrons. The number of aliphatic hydroxyl groups excluding tert-OH is 2. The number of nitrogens with one attached hydrogen (secondary N) is 12. The van der Waals surface area contributed by atoms with Gasteiger partial charge in [-0.1, -0.05) is 109 Å². The maximum Gasteiger partial charge on any atom is 0.326 e. The molecule has 0 heterocycles. The Morgan fingerprint density at radius 1 is 0.458 bits per heavy atom. The first kappa shape index (κ1) is 82.8. The first-order valence-corrected chi connectivity index (χ1v) is 31.9. The van der Waals surface area contributed by atoms with Gasteiger partial charge in [-0.2, -0.15) is 0 Å². The van der Waals surface area contributed by atoms with E-state index in [4.69, 9.17) is 22.6 Å². The molecule has 0 radical (unpaired) electrons. The summed E-state index contributed by atoms with van der Waals surface area (Å²) < 4.78 is 0. The minimum atomic E-state index is -1.99. The summed E-state index contributed by atoms with van der Waals surface area (Å²) in [5.41, 5.74) is 17.8. The van der Waals surface area contributed by atoms with E-state index in [0.29, 0.717) is 24.0 Å². The van der Waals surface area contributed by atoms with Crippen molar-refractivity contribution in [3.05, 3.63) is 71.8 Å². The smallest absolute Gasteiger partial charge is 0.326 e. The lowest BCUT2D eigenvalue weighted by Gasteiger charge is -2.30. The minimum Gasteiger partial charge on any atom is -0.481 e. The quantitative estimate of drug-likeness (QED) is 0.0174. The number of nitrogens with two attached hydrogens (primary N) is 3. The van der Waals surface area contributed by atoms with Crippen molar-refractivity contribution < 1.29 is 87.9 Å². The van der Waals surface area contributed by atoms with Crippen molar-refractivity contribution in [3.63, 3.8) is 0 Å². The van der Waals surface area contributed by atoms with Crippen molar-refractivity contribution in [2.75, 3.05) is 26.3 Å².